The topological polar surface area (TPSA) is 90.0 Å². The molecule has 0 amide bonds. The number of benzene rings is 2. The first-order chi connectivity index (χ1) is 12.2. The van der Waals surface area contributed by atoms with Crippen LogP contribution in [-0.2, 0) is 6.61 Å². The highest BCUT2D eigenvalue weighted by molar-refractivity contribution is 5.90. The minimum atomic E-state index is 0.375. The Hall–Kier alpha value is -3.35. The van der Waals surface area contributed by atoms with E-state index >= 15 is 0 Å². The summed E-state index contributed by atoms with van der Waals surface area (Å²) in [7, 11) is 1.54. The van der Waals surface area contributed by atoms with Gasteiger partial charge in [-0.25, -0.2) is 0 Å². The fourth-order valence-electron chi connectivity index (χ4n) is 2.35. The van der Waals surface area contributed by atoms with Crippen LogP contribution in [0.15, 0.2) is 52.1 Å². The average molecular weight is 339 g/mol. The normalized spacial score (nSPS) is 11.0. The highest BCUT2D eigenvalue weighted by Gasteiger charge is 2.16. The Bertz CT molecular complexity index is 875. The van der Waals surface area contributed by atoms with Crippen LogP contribution in [0.4, 0.5) is 0 Å². The van der Waals surface area contributed by atoms with E-state index in [-0.39, 0.29) is 0 Å². The van der Waals surface area contributed by atoms with Gasteiger partial charge in [0.2, 0.25) is 11.7 Å². The van der Waals surface area contributed by atoms with E-state index in [0.29, 0.717) is 40.9 Å². The molecule has 0 aliphatic carbocycles. The van der Waals surface area contributed by atoms with Crippen LogP contribution < -0.4 is 9.47 Å². The highest BCUT2D eigenvalue weighted by atomic mass is 16.5. The van der Waals surface area contributed by atoms with Crippen molar-refractivity contribution in [1.29, 1.82) is 0 Å². The fourth-order valence-corrected chi connectivity index (χ4v) is 2.35. The largest absolute Gasteiger partial charge is 0.493 e. The van der Waals surface area contributed by atoms with Crippen molar-refractivity contribution in [2.45, 2.75) is 13.5 Å². The summed E-state index contributed by atoms with van der Waals surface area (Å²) in [6, 6.07) is 13.2. The molecule has 1 N–H and O–H groups in total. The lowest BCUT2D eigenvalue weighted by molar-refractivity contribution is 0.284. The number of nitrogens with zero attached hydrogens (tertiary/aromatic N) is 3. The van der Waals surface area contributed by atoms with E-state index in [9.17, 15) is 0 Å². The number of oxime groups is 1. The third-order valence-electron chi connectivity index (χ3n) is 3.54. The second-order valence-corrected chi connectivity index (χ2v) is 5.25. The molecule has 2 aromatic carbocycles. The molecule has 0 bridgehead atoms. The van der Waals surface area contributed by atoms with E-state index in [1.807, 2.05) is 30.3 Å². The third kappa shape index (κ3) is 3.77. The molecule has 3 rings (SSSR count). The zero-order valence-corrected chi connectivity index (χ0v) is 13.8. The number of aromatic nitrogens is 2. The van der Waals surface area contributed by atoms with E-state index in [4.69, 9.17) is 19.2 Å². The monoisotopic (exact) mass is 339 g/mol. The Labute approximate surface area is 144 Å². The molecule has 0 spiro atoms. The van der Waals surface area contributed by atoms with E-state index in [1.54, 1.807) is 26.2 Å². The van der Waals surface area contributed by atoms with Gasteiger partial charge in [0.1, 0.15) is 6.61 Å². The number of aryl methyl sites for hydroxylation is 1. The molecule has 0 atom stereocenters. The van der Waals surface area contributed by atoms with Gasteiger partial charge < -0.3 is 19.2 Å². The minimum Gasteiger partial charge on any atom is -0.493 e. The Morgan fingerprint density at radius 2 is 2.00 bits per heavy atom. The molecule has 0 unspecified atom stereocenters. The predicted octanol–water partition coefficient (Wildman–Crippen LogP) is 3.44. The van der Waals surface area contributed by atoms with Crippen molar-refractivity contribution in [3.63, 3.8) is 0 Å². The van der Waals surface area contributed by atoms with Gasteiger partial charge in [0, 0.05) is 18.1 Å². The van der Waals surface area contributed by atoms with Crippen molar-refractivity contribution >= 4 is 6.21 Å². The maximum Gasteiger partial charge on any atom is 0.223 e. The van der Waals surface area contributed by atoms with Crippen molar-refractivity contribution in [3.05, 3.63) is 59.5 Å². The quantitative estimate of drug-likeness (QED) is 0.420. The summed E-state index contributed by atoms with van der Waals surface area (Å²) in [5.41, 5.74) is 2.22. The summed E-state index contributed by atoms with van der Waals surface area (Å²) >= 11 is 0. The fraction of sp³-hybridized carbons (Fsp3) is 0.167. The first-order valence-corrected chi connectivity index (χ1v) is 7.58. The van der Waals surface area contributed by atoms with E-state index in [1.165, 1.54) is 6.21 Å². The minimum absolute atomic E-state index is 0.375. The molecule has 0 aliphatic rings. The predicted molar refractivity (Wildman–Crippen MR) is 91.2 cm³/mol. The van der Waals surface area contributed by atoms with Gasteiger partial charge in [0.05, 0.1) is 13.3 Å². The van der Waals surface area contributed by atoms with Crippen LogP contribution in [0.2, 0.25) is 0 Å². The molecule has 1 heterocycles. The van der Waals surface area contributed by atoms with Gasteiger partial charge in [0.25, 0.3) is 0 Å². The van der Waals surface area contributed by atoms with Crippen molar-refractivity contribution in [2.75, 3.05) is 7.11 Å². The van der Waals surface area contributed by atoms with Gasteiger partial charge in [0.15, 0.2) is 11.5 Å². The van der Waals surface area contributed by atoms with Gasteiger partial charge in [-0.15, -0.1) is 0 Å². The smallest absolute Gasteiger partial charge is 0.223 e. The second-order valence-electron chi connectivity index (χ2n) is 5.25. The number of hydrogen-bond donors (Lipinski definition) is 1. The number of hydrogen-bond acceptors (Lipinski definition) is 7. The molecule has 1 aromatic heterocycles. The van der Waals surface area contributed by atoms with Gasteiger partial charge >= 0.3 is 0 Å². The summed E-state index contributed by atoms with van der Waals surface area (Å²) in [6.45, 7) is 2.09. The summed E-state index contributed by atoms with van der Waals surface area (Å²) in [6.07, 6.45) is 1.28. The Morgan fingerprint density at radius 3 is 2.64 bits per heavy atom. The zero-order chi connectivity index (χ0) is 17.6. The van der Waals surface area contributed by atoms with Crippen LogP contribution in [0.3, 0.4) is 0 Å². The Morgan fingerprint density at radius 1 is 1.20 bits per heavy atom. The first kappa shape index (κ1) is 16.5. The van der Waals surface area contributed by atoms with Gasteiger partial charge in [-0.3, -0.25) is 0 Å². The lowest BCUT2D eigenvalue weighted by atomic mass is 10.1. The summed E-state index contributed by atoms with van der Waals surface area (Å²) in [5.74, 6) is 1.85. The molecule has 3 aromatic rings. The molecule has 0 radical (unpaired) electrons. The molecular weight excluding hydrogens is 322 g/mol. The number of rotatable bonds is 6. The highest BCUT2D eigenvalue weighted by Crippen LogP contribution is 2.35. The van der Waals surface area contributed by atoms with Crippen LogP contribution in [0, 0.1) is 6.92 Å². The first-order valence-electron chi connectivity index (χ1n) is 7.58. The summed E-state index contributed by atoms with van der Waals surface area (Å²) in [4.78, 5) is 4.22. The van der Waals surface area contributed by atoms with Crippen LogP contribution in [0.1, 0.15) is 17.0 Å². The number of methoxy groups -OCH3 is 1. The molecule has 25 heavy (non-hydrogen) atoms. The summed E-state index contributed by atoms with van der Waals surface area (Å²) < 4.78 is 16.3. The molecule has 0 saturated heterocycles. The molecular formula is C18H17N3O4. The SMILES string of the molecule is COc1cc(/C=N/O)c(-c2noc(C)n2)cc1OCc1ccccc1. The lowest BCUT2D eigenvalue weighted by Crippen LogP contribution is -2.00. The van der Waals surface area contributed by atoms with Gasteiger partial charge in [-0.1, -0.05) is 40.6 Å². The van der Waals surface area contributed by atoms with Crippen molar-refractivity contribution < 1.29 is 19.2 Å². The zero-order valence-electron chi connectivity index (χ0n) is 13.8. The maximum absolute atomic E-state index is 8.91. The Kier molecular flexibility index (Phi) is 4.94. The number of ether oxygens (including phenoxy) is 2. The molecule has 0 aliphatic heterocycles. The van der Waals surface area contributed by atoms with E-state index in [0.717, 1.165) is 5.56 Å². The Balaban J connectivity index is 1.99. The van der Waals surface area contributed by atoms with Crippen LogP contribution in [0.25, 0.3) is 11.4 Å². The van der Waals surface area contributed by atoms with Crippen LogP contribution >= 0.6 is 0 Å². The van der Waals surface area contributed by atoms with Crippen molar-refractivity contribution in [1.82, 2.24) is 10.1 Å². The van der Waals surface area contributed by atoms with Crippen molar-refractivity contribution in [3.8, 4) is 22.9 Å². The molecule has 128 valence electrons. The van der Waals surface area contributed by atoms with Gasteiger partial charge in [-0.05, 0) is 17.7 Å². The van der Waals surface area contributed by atoms with E-state index in [2.05, 4.69) is 15.3 Å². The molecule has 0 fully saturated rings. The third-order valence-corrected chi connectivity index (χ3v) is 3.54. The summed E-state index contributed by atoms with van der Waals surface area (Å²) in [5, 5.41) is 15.9. The average Bonchev–Trinajstić information content (AvgIpc) is 3.07. The lowest BCUT2D eigenvalue weighted by Gasteiger charge is -2.13. The molecule has 0 saturated carbocycles. The van der Waals surface area contributed by atoms with Crippen LogP contribution in [0.5, 0.6) is 11.5 Å². The van der Waals surface area contributed by atoms with Crippen molar-refractivity contribution in [2.24, 2.45) is 5.16 Å². The standard InChI is InChI=1S/C18H17N3O4/c1-12-20-18(21-25-12)15-9-17(16(23-2)8-14(15)10-19-22)24-11-13-6-4-3-5-7-13/h3-10,22H,11H2,1-2H3/b19-10+. The second kappa shape index (κ2) is 7.48. The van der Waals surface area contributed by atoms with Gasteiger partial charge in [-0.2, -0.15) is 4.98 Å². The van der Waals surface area contributed by atoms with E-state index < -0.39 is 0 Å². The molecule has 7 nitrogen and oxygen atoms in total. The van der Waals surface area contributed by atoms with Crippen LogP contribution in [-0.4, -0.2) is 28.7 Å². The molecule has 7 heteroatoms. The maximum atomic E-state index is 8.91.